The minimum absolute atomic E-state index is 0.843. The fourth-order valence-corrected chi connectivity index (χ4v) is 3.39. The third-order valence-corrected chi connectivity index (χ3v) is 4.81. The first-order valence-electron chi connectivity index (χ1n) is 8.95. The number of aromatic nitrogens is 2. The van der Waals surface area contributed by atoms with Crippen molar-refractivity contribution in [2.24, 2.45) is 0 Å². The van der Waals surface area contributed by atoms with Crippen LogP contribution in [-0.2, 0) is 6.42 Å². The van der Waals surface area contributed by atoms with E-state index in [0.717, 1.165) is 53.6 Å². The molecule has 134 valence electrons. The van der Waals surface area contributed by atoms with Gasteiger partial charge in [-0.1, -0.05) is 0 Å². The monoisotopic (exact) mass is 349 g/mol. The second-order valence-corrected chi connectivity index (χ2v) is 6.40. The summed E-state index contributed by atoms with van der Waals surface area (Å²) >= 11 is 0. The maximum atomic E-state index is 5.28. The summed E-state index contributed by atoms with van der Waals surface area (Å²) in [5.41, 5.74) is 4.45. The molecular formula is C21H23N3O2. The average Bonchev–Trinajstić information content (AvgIpc) is 2.89. The lowest BCUT2D eigenvalue weighted by Crippen LogP contribution is -2.07. The van der Waals surface area contributed by atoms with E-state index in [-0.39, 0.29) is 0 Å². The first-order chi connectivity index (χ1) is 12.8. The predicted molar refractivity (Wildman–Crippen MR) is 104 cm³/mol. The Kier molecular flexibility index (Phi) is 4.52. The second kappa shape index (κ2) is 7.12. The molecule has 0 atom stereocenters. The molecule has 1 aromatic heterocycles. The Morgan fingerprint density at radius 1 is 0.885 bits per heavy atom. The summed E-state index contributed by atoms with van der Waals surface area (Å²) in [5.74, 6) is 2.79. The molecule has 0 unspecified atom stereocenters. The van der Waals surface area contributed by atoms with E-state index in [4.69, 9.17) is 14.6 Å². The van der Waals surface area contributed by atoms with Gasteiger partial charge in [-0.05, 0) is 67.8 Å². The summed E-state index contributed by atoms with van der Waals surface area (Å²) < 4.78 is 12.6. The average molecular weight is 349 g/mol. The number of anilines is 1. The number of fused-ring (bicyclic) bond motifs is 1. The Balaban J connectivity index is 1.82. The third-order valence-electron chi connectivity index (χ3n) is 4.81. The van der Waals surface area contributed by atoms with Crippen molar-refractivity contribution < 1.29 is 9.47 Å². The van der Waals surface area contributed by atoms with Gasteiger partial charge in [0.05, 0.1) is 25.6 Å². The molecule has 0 bridgehead atoms. The molecule has 0 spiro atoms. The number of ether oxygens (including phenoxy) is 2. The molecule has 3 aromatic rings. The minimum atomic E-state index is 0.843. The number of hydrogen-bond donors (Lipinski definition) is 1. The number of rotatable bonds is 4. The van der Waals surface area contributed by atoms with Crippen LogP contribution in [0.3, 0.4) is 0 Å². The van der Waals surface area contributed by atoms with Gasteiger partial charge >= 0.3 is 0 Å². The SMILES string of the molecule is COc1ccc(-c2nn(-c3ccc(OC)cc3)c3c2CCCCN3)cc1. The van der Waals surface area contributed by atoms with Crippen molar-refractivity contribution in [3.05, 3.63) is 54.1 Å². The fraction of sp³-hybridized carbons (Fsp3) is 0.286. The van der Waals surface area contributed by atoms with Gasteiger partial charge in [-0.15, -0.1) is 0 Å². The van der Waals surface area contributed by atoms with Crippen molar-refractivity contribution in [2.45, 2.75) is 19.3 Å². The summed E-state index contributed by atoms with van der Waals surface area (Å²) in [4.78, 5) is 0. The molecule has 5 nitrogen and oxygen atoms in total. The third kappa shape index (κ3) is 3.01. The molecule has 0 fully saturated rings. The normalized spacial score (nSPS) is 13.5. The largest absolute Gasteiger partial charge is 0.497 e. The zero-order chi connectivity index (χ0) is 17.9. The number of hydrogen-bond acceptors (Lipinski definition) is 4. The molecule has 4 rings (SSSR count). The summed E-state index contributed by atoms with van der Waals surface area (Å²) in [6.45, 7) is 0.969. The molecule has 1 N–H and O–H groups in total. The summed E-state index contributed by atoms with van der Waals surface area (Å²) in [6, 6.07) is 16.1. The number of nitrogens with zero attached hydrogens (tertiary/aromatic N) is 2. The van der Waals surface area contributed by atoms with Gasteiger partial charge < -0.3 is 14.8 Å². The van der Waals surface area contributed by atoms with Gasteiger partial charge in [0.1, 0.15) is 17.3 Å². The van der Waals surface area contributed by atoms with Crippen molar-refractivity contribution in [3.8, 4) is 28.4 Å². The van der Waals surface area contributed by atoms with E-state index in [0.29, 0.717) is 0 Å². The number of nitrogens with one attached hydrogen (secondary N) is 1. The van der Waals surface area contributed by atoms with Gasteiger partial charge in [0.25, 0.3) is 0 Å². The number of benzene rings is 2. The Hall–Kier alpha value is -2.95. The van der Waals surface area contributed by atoms with Crippen LogP contribution in [0.2, 0.25) is 0 Å². The van der Waals surface area contributed by atoms with Crippen LogP contribution in [-0.4, -0.2) is 30.5 Å². The van der Waals surface area contributed by atoms with E-state index >= 15 is 0 Å². The zero-order valence-corrected chi connectivity index (χ0v) is 15.2. The number of methoxy groups -OCH3 is 2. The minimum Gasteiger partial charge on any atom is -0.497 e. The van der Waals surface area contributed by atoms with E-state index < -0.39 is 0 Å². The highest BCUT2D eigenvalue weighted by atomic mass is 16.5. The summed E-state index contributed by atoms with van der Waals surface area (Å²) in [6.07, 6.45) is 3.36. The first kappa shape index (κ1) is 16.5. The van der Waals surface area contributed by atoms with Crippen molar-refractivity contribution >= 4 is 5.82 Å². The highest BCUT2D eigenvalue weighted by Crippen LogP contribution is 2.34. The summed E-state index contributed by atoms with van der Waals surface area (Å²) in [5, 5.41) is 8.54. The molecule has 1 aliphatic heterocycles. The molecule has 0 saturated heterocycles. The van der Waals surface area contributed by atoms with Crippen molar-refractivity contribution in [1.82, 2.24) is 9.78 Å². The molecule has 0 aliphatic carbocycles. The lowest BCUT2D eigenvalue weighted by molar-refractivity contribution is 0.414. The summed E-state index contributed by atoms with van der Waals surface area (Å²) in [7, 11) is 3.36. The van der Waals surface area contributed by atoms with Gasteiger partial charge in [0.2, 0.25) is 0 Å². The van der Waals surface area contributed by atoms with Crippen molar-refractivity contribution in [1.29, 1.82) is 0 Å². The van der Waals surface area contributed by atoms with Crippen LogP contribution < -0.4 is 14.8 Å². The molecule has 0 saturated carbocycles. The predicted octanol–water partition coefficient (Wildman–Crippen LogP) is 4.30. The molecule has 0 radical (unpaired) electrons. The second-order valence-electron chi connectivity index (χ2n) is 6.40. The van der Waals surface area contributed by atoms with Crippen LogP contribution in [0.4, 0.5) is 5.82 Å². The molecule has 1 aliphatic rings. The highest BCUT2D eigenvalue weighted by molar-refractivity contribution is 5.71. The Bertz CT molecular complexity index is 811. The van der Waals surface area contributed by atoms with Crippen LogP contribution in [0.5, 0.6) is 11.5 Å². The lowest BCUT2D eigenvalue weighted by atomic mass is 10.0. The molecule has 26 heavy (non-hydrogen) atoms. The van der Waals surface area contributed by atoms with Crippen LogP contribution in [0.1, 0.15) is 18.4 Å². The zero-order valence-electron chi connectivity index (χ0n) is 15.2. The van der Waals surface area contributed by atoms with E-state index in [9.17, 15) is 0 Å². The quantitative estimate of drug-likeness (QED) is 0.763. The Labute approximate surface area is 153 Å². The van der Waals surface area contributed by atoms with Gasteiger partial charge in [0.15, 0.2) is 0 Å². The lowest BCUT2D eigenvalue weighted by Gasteiger charge is -2.09. The maximum Gasteiger partial charge on any atom is 0.133 e. The van der Waals surface area contributed by atoms with E-state index in [2.05, 4.69) is 17.4 Å². The molecule has 2 heterocycles. The van der Waals surface area contributed by atoms with Crippen LogP contribution in [0.15, 0.2) is 48.5 Å². The molecule has 5 heteroatoms. The standard InChI is InChI=1S/C21H23N3O2/c1-25-17-10-6-15(7-11-17)20-19-5-3-4-14-22-21(19)24(23-20)16-8-12-18(26-2)13-9-16/h6-13,22H,3-5,14H2,1-2H3. The van der Waals surface area contributed by atoms with Gasteiger partial charge in [-0.3, -0.25) is 0 Å². The van der Waals surface area contributed by atoms with E-state index in [1.165, 1.54) is 12.0 Å². The van der Waals surface area contributed by atoms with E-state index in [1.54, 1.807) is 14.2 Å². The molecule has 2 aromatic carbocycles. The Morgan fingerprint density at radius 2 is 1.54 bits per heavy atom. The fourth-order valence-electron chi connectivity index (χ4n) is 3.39. The van der Waals surface area contributed by atoms with Gasteiger partial charge in [0, 0.05) is 17.7 Å². The van der Waals surface area contributed by atoms with Crippen LogP contribution in [0.25, 0.3) is 16.9 Å². The van der Waals surface area contributed by atoms with Crippen LogP contribution in [0, 0.1) is 0 Å². The van der Waals surface area contributed by atoms with Gasteiger partial charge in [-0.25, -0.2) is 4.68 Å². The Morgan fingerprint density at radius 3 is 2.19 bits per heavy atom. The molecule has 0 amide bonds. The van der Waals surface area contributed by atoms with Gasteiger partial charge in [-0.2, -0.15) is 5.10 Å². The first-order valence-corrected chi connectivity index (χ1v) is 8.95. The maximum absolute atomic E-state index is 5.28. The van der Waals surface area contributed by atoms with Crippen molar-refractivity contribution in [3.63, 3.8) is 0 Å². The van der Waals surface area contributed by atoms with Crippen molar-refractivity contribution in [2.75, 3.05) is 26.1 Å². The topological polar surface area (TPSA) is 48.3 Å². The van der Waals surface area contributed by atoms with Crippen LogP contribution >= 0.6 is 0 Å². The smallest absolute Gasteiger partial charge is 0.133 e. The molecular weight excluding hydrogens is 326 g/mol. The van der Waals surface area contributed by atoms with E-state index in [1.807, 2.05) is 41.1 Å². The highest BCUT2D eigenvalue weighted by Gasteiger charge is 2.21.